The zero-order valence-corrected chi connectivity index (χ0v) is 16.9. The molecule has 0 saturated carbocycles. The highest BCUT2D eigenvalue weighted by Gasteiger charge is 2.31. The summed E-state index contributed by atoms with van der Waals surface area (Å²) in [5.74, 6) is 0.794. The van der Waals surface area contributed by atoms with Crippen molar-refractivity contribution in [2.45, 2.75) is 19.5 Å². The van der Waals surface area contributed by atoms with E-state index >= 15 is 0 Å². The van der Waals surface area contributed by atoms with Gasteiger partial charge in [-0.25, -0.2) is 13.2 Å². The molecule has 1 atom stereocenters. The molecular formula is C19H20F3N3O3S. The highest BCUT2D eigenvalue weighted by Crippen LogP contribution is 2.34. The second-order valence-corrected chi connectivity index (χ2v) is 7.55. The average Bonchev–Trinajstić information content (AvgIpc) is 3.04. The number of pyridine rings is 1. The molecule has 0 fully saturated rings. The third-order valence-electron chi connectivity index (χ3n) is 4.31. The maximum Gasteiger partial charge on any atom is 0.416 e. The highest BCUT2D eigenvalue weighted by molar-refractivity contribution is 7.83. The molecule has 1 aromatic carbocycles. The Kier molecular flexibility index (Phi) is 6.23. The fourth-order valence-electron chi connectivity index (χ4n) is 2.93. The minimum absolute atomic E-state index is 0.0950. The summed E-state index contributed by atoms with van der Waals surface area (Å²) in [5.41, 5.74) is 0.666. The third-order valence-corrected chi connectivity index (χ3v) is 5.20. The number of aromatic nitrogens is 3. The summed E-state index contributed by atoms with van der Waals surface area (Å²) >= 11 is 0. The molecule has 0 bridgehead atoms. The minimum Gasteiger partial charge on any atom is -0.493 e. The lowest BCUT2D eigenvalue weighted by Crippen LogP contribution is -2.08. The molecule has 0 saturated heterocycles. The number of halogens is 3. The second-order valence-electron chi connectivity index (χ2n) is 6.33. The molecule has 0 N–H and O–H groups in total. The summed E-state index contributed by atoms with van der Waals surface area (Å²) in [7, 11) is 0.0469. The van der Waals surface area contributed by atoms with Crippen molar-refractivity contribution in [3.63, 3.8) is 0 Å². The monoisotopic (exact) mass is 427 g/mol. The smallest absolute Gasteiger partial charge is 0.416 e. The van der Waals surface area contributed by atoms with E-state index in [4.69, 9.17) is 9.47 Å². The van der Waals surface area contributed by atoms with Crippen LogP contribution >= 0.6 is 0 Å². The molecule has 2 heterocycles. The van der Waals surface area contributed by atoms with E-state index in [0.717, 1.165) is 12.1 Å². The van der Waals surface area contributed by atoms with Gasteiger partial charge in [-0.2, -0.15) is 13.2 Å². The molecule has 1 unspecified atom stereocenters. The van der Waals surface area contributed by atoms with Gasteiger partial charge in [0.15, 0.2) is 5.82 Å². The number of alkyl halides is 3. The lowest BCUT2D eigenvalue weighted by atomic mass is 10.2. The first-order valence-corrected chi connectivity index (χ1v) is 10.3. The van der Waals surface area contributed by atoms with Gasteiger partial charge in [0.2, 0.25) is 0 Å². The Morgan fingerprint density at radius 2 is 1.97 bits per heavy atom. The SMILES string of the molecule is COCCCOc1ccnc(-c2nc3cc(C(F)(F)F)ccc3n2S(C)=O)c1C. The summed E-state index contributed by atoms with van der Waals surface area (Å²) in [6.45, 7) is 2.77. The molecule has 29 heavy (non-hydrogen) atoms. The van der Waals surface area contributed by atoms with Crippen molar-refractivity contribution in [1.29, 1.82) is 0 Å². The van der Waals surface area contributed by atoms with Gasteiger partial charge in [0.05, 0.1) is 23.2 Å². The molecule has 3 rings (SSSR count). The normalized spacial score (nSPS) is 13.0. The van der Waals surface area contributed by atoms with Crippen molar-refractivity contribution in [3.8, 4) is 17.3 Å². The first kappa shape index (κ1) is 21.3. The van der Waals surface area contributed by atoms with Crippen molar-refractivity contribution in [1.82, 2.24) is 13.9 Å². The fraction of sp³-hybridized carbons (Fsp3) is 0.368. The van der Waals surface area contributed by atoms with Crippen LogP contribution < -0.4 is 4.74 Å². The van der Waals surface area contributed by atoms with Crippen molar-refractivity contribution in [2.24, 2.45) is 0 Å². The predicted octanol–water partition coefficient (Wildman–Crippen LogP) is 3.98. The number of hydrogen-bond acceptors (Lipinski definition) is 5. The Hall–Kier alpha value is -2.46. The van der Waals surface area contributed by atoms with Crippen LogP contribution in [-0.4, -0.2) is 44.7 Å². The molecule has 156 valence electrons. The van der Waals surface area contributed by atoms with Gasteiger partial charge < -0.3 is 9.47 Å². The highest BCUT2D eigenvalue weighted by atomic mass is 32.2. The maximum atomic E-state index is 13.1. The van der Waals surface area contributed by atoms with Gasteiger partial charge in [-0.15, -0.1) is 0 Å². The summed E-state index contributed by atoms with van der Waals surface area (Å²) in [5, 5.41) is 0. The standard InChI is InChI=1S/C19H20F3N3O3S/c1-12-16(28-10-4-9-27-2)7-8-23-17(12)18-24-14-11-13(19(20,21)22)5-6-15(14)25(18)29(3)26/h5-8,11H,4,9-10H2,1-3H3. The van der Waals surface area contributed by atoms with Gasteiger partial charge in [-0.05, 0) is 31.2 Å². The minimum atomic E-state index is -4.49. The van der Waals surface area contributed by atoms with Crippen LogP contribution in [0, 0.1) is 6.92 Å². The van der Waals surface area contributed by atoms with Crippen molar-refractivity contribution >= 4 is 22.0 Å². The van der Waals surface area contributed by atoms with Crippen LogP contribution in [0.1, 0.15) is 17.5 Å². The zero-order valence-electron chi connectivity index (χ0n) is 16.1. The van der Waals surface area contributed by atoms with Gasteiger partial charge >= 0.3 is 6.18 Å². The number of methoxy groups -OCH3 is 1. The van der Waals surface area contributed by atoms with E-state index in [2.05, 4.69) is 9.97 Å². The lowest BCUT2D eigenvalue weighted by Gasteiger charge is -2.12. The van der Waals surface area contributed by atoms with E-state index in [0.29, 0.717) is 42.2 Å². The average molecular weight is 427 g/mol. The Morgan fingerprint density at radius 1 is 1.21 bits per heavy atom. The first-order chi connectivity index (χ1) is 13.7. The van der Waals surface area contributed by atoms with Crippen molar-refractivity contribution < 1.29 is 26.9 Å². The number of nitrogens with zero attached hydrogens (tertiary/aromatic N) is 3. The number of ether oxygens (including phenoxy) is 2. The molecule has 3 aromatic rings. The molecular weight excluding hydrogens is 407 g/mol. The molecule has 0 amide bonds. The number of hydrogen-bond donors (Lipinski definition) is 0. The van der Waals surface area contributed by atoms with E-state index in [1.54, 1.807) is 20.1 Å². The lowest BCUT2D eigenvalue weighted by molar-refractivity contribution is -0.137. The van der Waals surface area contributed by atoms with Gasteiger partial charge in [-0.3, -0.25) is 4.98 Å². The van der Waals surface area contributed by atoms with Crippen LogP contribution in [0.5, 0.6) is 5.75 Å². The molecule has 0 aliphatic heterocycles. The topological polar surface area (TPSA) is 66.2 Å². The van der Waals surface area contributed by atoms with Crippen LogP contribution in [0.25, 0.3) is 22.6 Å². The number of rotatable bonds is 7. The molecule has 10 heteroatoms. The Bertz CT molecular complexity index is 1050. The van der Waals surface area contributed by atoms with Crippen LogP contribution in [0.2, 0.25) is 0 Å². The molecule has 0 spiro atoms. The van der Waals surface area contributed by atoms with E-state index < -0.39 is 22.7 Å². The van der Waals surface area contributed by atoms with E-state index in [1.165, 1.54) is 22.5 Å². The predicted molar refractivity (Wildman–Crippen MR) is 104 cm³/mol. The summed E-state index contributed by atoms with van der Waals surface area (Å²) in [6, 6.07) is 4.87. The van der Waals surface area contributed by atoms with Crippen molar-refractivity contribution in [2.75, 3.05) is 26.6 Å². The molecule has 2 aromatic heterocycles. The first-order valence-electron chi connectivity index (χ1n) is 8.75. The Labute approximate surface area is 168 Å². The zero-order chi connectivity index (χ0) is 21.2. The van der Waals surface area contributed by atoms with Crippen LogP contribution in [0.3, 0.4) is 0 Å². The van der Waals surface area contributed by atoms with Crippen molar-refractivity contribution in [3.05, 3.63) is 41.6 Å². The maximum absolute atomic E-state index is 13.1. The largest absolute Gasteiger partial charge is 0.493 e. The Morgan fingerprint density at radius 3 is 2.62 bits per heavy atom. The van der Waals surface area contributed by atoms with Gasteiger partial charge in [0.25, 0.3) is 0 Å². The third kappa shape index (κ3) is 4.43. The Balaban J connectivity index is 2.09. The summed E-state index contributed by atoms with van der Waals surface area (Å²) in [6.07, 6.45) is -0.834. The molecule has 0 radical (unpaired) electrons. The second kappa shape index (κ2) is 8.50. The van der Waals surface area contributed by atoms with E-state index in [1.807, 2.05) is 0 Å². The van der Waals surface area contributed by atoms with E-state index in [9.17, 15) is 17.4 Å². The molecule has 0 aliphatic rings. The summed E-state index contributed by atoms with van der Waals surface area (Å²) < 4.78 is 63.7. The van der Waals surface area contributed by atoms with Gasteiger partial charge in [0.1, 0.15) is 22.4 Å². The van der Waals surface area contributed by atoms with Crippen LogP contribution in [0.4, 0.5) is 13.2 Å². The van der Waals surface area contributed by atoms with Crippen LogP contribution in [-0.2, 0) is 21.9 Å². The number of imidazole rings is 1. The van der Waals surface area contributed by atoms with Crippen LogP contribution in [0.15, 0.2) is 30.5 Å². The number of fused-ring (bicyclic) bond motifs is 1. The van der Waals surface area contributed by atoms with E-state index in [-0.39, 0.29) is 11.3 Å². The fourth-order valence-corrected chi connectivity index (χ4v) is 3.73. The van der Waals surface area contributed by atoms with Gasteiger partial charge in [-0.1, -0.05) is 0 Å². The quantitative estimate of drug-likeness (QED) is 0.534. The molecule has 0 aliphatic carbocycles. The summed E-state index contributed by atoms with van der Waals surface area (Å²) in [4.78, 5) is 8.64. The number of benzene rings is 1. The molecule has 6 nitrogen and oxygen atoms in total. The van der Waals surface area contributed by atoms with Gasteiger partial charge in [0, 0.05) is 38.2 Å².